The Morgan fingerprint density at radius 3 is 2.56 bits per heavy atom. The molecule has 0 saturated carbocycles. The second-order valence-electron chi connectivity index (χ2n) is 5.27. The zero-order valence-corrected chi connectivity index (χ0v) is 15.2. The fourth-order valence-corrected chi connectivity index (χ4v) is 2.14. The topological polar surface area (TPSA) is 66.0 Å². The van der Waals surface area contributed by atoms with Gasteiger partial charge >= 0.3 is 12.8 Å². The molecule has 0 heterocycles. The van der Waals surface area contributed by atoms with E-state index in [1.807, 2.05) is 0 Å². The first-order valence-electron chi connectivity index (χ1n) is 7.50. The monoisotopic (exact) mass is 416 g/mol. The predicted molar refractivity (Wildman–Crippen MR) is 90.0 cm³/mol. The van der Waals surface area contributed by atoms with Crippen LogP contribution in [0, 0.1) is 0 Å². The summed E-state index contributed by atoms with van der Waals surface area (Å²) < 4.78 is 66.1. The average Bonchev–Trinajstić information content (AvgIpc) is 2.55. The number of nitrogens with zero attached hydrogens (tertiary/aromatic N) is 2. The van der Waals surface area contributed by atoms with E-state index in [4.69, 9.17) is 11.6 Å². The molecule has 0 saturated heterocycles. The van der Waals surface area contributed by atoms with E-state index in [1.54, 1.807) is 0 Å². The van der Waals surface area contributed by atoms with Crippen LogP contribution in [0.25, 0.3) is 0 Å². The number of rotatable bonds is 7. The first-order chi connectivity index (χ1) is 12.5. The summed E-state index contributed by atoms with van der Waals surface area (Å²) in [5.74, 6) is -0.829. The highest BCUT2D eigenvalue weighted by atomic mass is 35.5. The van der Waals surface area contributed by atoms with E-state index in [1.165, 1.54) is 25.2 Å². The van der Waals surface area contributed by atoms with Crippen molar-refractivity contribution in [2.45, 2.75) is 19.3 Å². The third kappa shape index (κ3) is 8.76. The summed E-state index contributed by atoms with van der Waals surface area (Å²) in [4.78, 5) is 16.0. The number of carbonyl (C=O) groups excluding carboxylic acids is 1. The summed E-state index contributed by atoms with van der Waals surface area (Å²) in [5, 5.41) is 5.56. The molecular weight excluding hydrogens is 399 g/mol. The van der Waals surface area contributed by atoms with Crippen molar-refractivity contribution in [2.75, 3.05) is 27.2 Å². The summed E-state index contributed by atoms with van der Waals surface area (Å²) in [6.45, 7) is -4.88. The number of aliphatic imine (C=N–C) groups is 1. The zero-order chi connectivity index (χ0) is 20.6. The first kappa shape index (κ1) is 22.7. The molecule has 2 N–H and O–H groups in total. The van der Waals surface area contributed by atoms with Crippen molar-refractivity contribution in [3.05, 3.63) is 28.8 Å². The molecule has 1 aromatic carbocycles. The van der Waals surface area contributed by atoms with Gasteiger partial charge in [0.2, 0.25) is 5.91 Å². The van der Waals surface area contributed by atoms with E-state index < -0.39 is 31.8 Å². The van der Waals surface area contributed by atoms with Crippen molar-refractivity contribution >= 4 is 23.5 Å². The van der Waals surface area contributed by atoms with Gasteiger partial charge in [-0.2, -0.15) is 22.0 Å². The molecule has 152 valence electrons. The van der Waals surface area contributed by atoms with Crippen molar-refractivity contribution in [3.63, 3.8) is 0 Å². The number of halogens is 6. The summed E-state index contributed by atoms with van der Waals surface area (Å²) in [7, 11) is 2.39. The minimum absolute atomic E-state index is 0.0329. The van der Waals surface area contributed by atoms with E-state index in [0.29, 0.717) is 15.5 Å². The number of guanidine groups is 1. The molecule has 0 atom stereocenters. The minimum Gasteiger partial charge on any atom is -0.434 e. The SMILES string of the molecule is CN=C(NCC(=O)N(C)CC(F)(F)F)NCc1cc(Cl)ccc1OC(F)F. The molecule has 27 heavy (non-hydrogen) atoms. The van der Waals surface area contributed by atoms with Gasteiger partial charge in [0, 0.05) is 31.2 Å². The lowest BCUT2D eigenvalue weighted by molar-refractivity contribution is -0.157. The van der Waals surface area contributed by atoms with Gasteiger partial charge < -0.3 is 20.3 Å². The van der Waals surface area contributed by atoms with Crippen LogP contribution in [0.15, 0.2) is 23.2 Å². The number of hydrogen-bond donors (Lipinski definition) is 2. The lowest BCUT2D eigenvalue weighted by Gasteiger charge is -2.20. The Kier molecular flexibility index (Phi) is 8.54. The molecule has 0 spiro atoms. The van der Waals surface area contributed by atoms with E-state index in [9.17, 15) is 26.7 Å². The standard InChI is InChI=1S/C15H18ClF5N4O2/c1-22-14(24-7-12(26)25(2)8-15(19,20)21)23-6-9-5-10(16)3-4-11(9)27-13(17)18/h3-5,13H,6-8H2,1-2H3,(H2,22,23,24). The van der Waals surface area contributed by atoms with Crippen LogP contribution >= 0.6 is 11.6 Å². The van der Waals surface area contributed by atoms with Gasteiger partial charge in [0.05, 0.1) is 6.54 Å². The third-order valence-electron chi connectivity index (χ3n) is 3.16. The summed E-state index contributed by atoms with van der Waals surface area (Å²) >= 11 is 5.83. The Morgan fingerprint density at radius 2 is 2.00 bits per heavy atom. The van der Waals surface area contributed by atoms with Gasteiger partial charge in [-0.1, -0.05) is 11.6 Å². The fraction of sp³-hybridized carbons (Fsp3) is 0.467. The lowest BCUT2D eigenvalue weighted by atomic mass is 10.2. The van der Waals surface area contributed by atoms with Crippen LogP contribution in [0.1, 0.15) is 5.56 Å². The van der Waals surface area contributed by atoms with Gasteiger partial charge in [0.1, 0.15) is 12.3 Å². The van der Waals surface area contributed by atoms with E-state index in [-0.39, 0.29) is 18.3 Å². The number of ether oxygens (including phenoxy) is 1. The van der Waals surface area contributed by atoms with Gasteiger partial charge in [0.15, 0.2) is 5.96 Å². The Bertz CT molecular complexity index is 670. The average molecular weight is 417 g/mol. The maximum atomic E-state index is 12.4. The molecule has 12 heteroatoms. The number of nitrogens with one attached hydrogen (secondary N) is 2. The number of hydrogen-bond acceptors (Lipinski definition) is 3. The summed E-state index contributed by atoms with van der Waals surface area (Å²) in [5.41, 5.74) is 0.297. The highest BCUT2D eigenvalue weighted by Gasteiger charge is 2.31. The molecule has 0 fully saturated rings. The second-order valence-corrected chi connectivity index (χ2v) is 5.71. The molecule has 0 aromatic heterocycles. The number of likely N-dealkylation sites (N-methyl/N-ethyl adjacent to an activating group) is 1. The predicted octanol–water partition coefficient (Wildman–Crippen LogP) is 2.63. The molecule has 1 rings (SSSR count). The van der Waals surface area contributed by atoms with Crippen molar-refractivity contribution in [1.29, 1.82) is 0 Å². The van der Waals surface area contributed by atoms with E-state index in [2.05, 4.69) is 20.4 Å². The highest BCUT2D eigenvalue weighted by molar-refractivity contribution is 6.30. The fourth-order valence-electron chi connectivity index (χ4n) is 1.95. The van der Waals surface area contributed by atoms with Gasteiger partial charge in [0.25, 0.3) is 0 Å². The quantitative estimate of drug-likeness (QED) is 0.407. The zero-order valence-electron chi connectivity index (χ0n) is 14.4. The summed E-state index contributed by atoms with van der Waals surface area (Å²) in [6, 6.07) is 4.06. The van der Waals surface area contributed by atoms with Crippen molar-refractivity contribution < 1.29 is 31.5 Å². The highest BCUT2D eigenvalue weighted by Crippen LogP contribution is 2.24. The Balaban J connectivity index is 2.63. The van der Waals surface area contributed by atoms with Gasteiger partial charge in [-0.3, -0.25) is 9.79 Å². The first-order valence-corrected chi connectivity index (χ1v) is 7.88. The maximum absolute atomic E-state index is 12.4. The molecule has 1 aromatic rings. The molecule has 0 aliphatic rings. The smallest absolute Gasteiger partial charge is 0.406 e. The molecular formula is C15H18ClF5N4O2. The van der Waals surface area contributed by atoms with Gasteiger partial charge in [-0.05, 0) is 18.2 Å². The van der Waals surface area contributed by atoms with Crippen LogP contribution in [0.3, 0.4) is 0 Å². The van der Waals surface area contributed by atoms with Crippen molar-refractivity contribution in [3.8, 4) is 5.75 Å². The molecule has 0 aliphatic heterocycles. The number of alkyl halides is 5. The number of benzene rings is 1. The minimum atomic E-state index is -4.50. The lowest BCUT2D eigenvalue weighted by Crippen LogP contribution is -2.45. The molecule has 1 amide bonds. The van der Waals surface area contributed by atoms with Crippen LogP contribution in [0.5, 0.6) is 5.75 Å². The van der Waals surface area contributed by atoms with E-state index >= 15 is 0 Å². The Labute approximate surface area is 157 Å². The van der Waals surface area contributed by atoms with Crippen LogP contribution < -0.4 is 15.4 Å². The largest absolute Gasteiger partial charge is 0.434 e. The van der Waals surface area contributed by atoms with Crippen LogP contribution in [-0.2, 0) is 11.3 Å². The summed E-state index contributed by atoms with van der Waals surface area (Å²) in [6.07, 6.45) is -4.50. The van der Waals surface area contributed by atoms with Crippen LogP contribution in [0.4, 0.5) is 22.0 Å². The van der Waals surface area contributed by atoms with Crippen LogP contribution in [0.2, 0.25) is 5.02 Å². The van der Waals surface area contributed by atoms with Gasteiger partial charge in [-0.25, -0.2) is 0 Å². The van der Waals surface area contributed by atoms with Crippen LogP contribution in [-0.4, -0.2) is 56.7 Å². The second kappa shape index (κ2) is 10.1. The van der Waals surface area contributed by atoms with E-state index in [0.717, 1.165) is 7.05 Å². The molecule has 0 radical (unpaired) electrons. The number of amides is 1. The molecule has 6 nitrogen and oxygen atoms in total. The van der Waals surface area contributed by atoms with Crippen molar-refractivity contribution in [2.24, 2.45) is 4.99 Å². The molecule has 0 aliphatic carbocycles. The Morgan fingerprint density at radius 1 is 1.33 bits per heavy atom. The molecule has 0 bridgehead atoms. The van der Waals surface area contributed by atoms with Gasteiger partial charge in [-0.15, -0.1) is 0 Å². The maximum Gasteiger partial charge on any atom is 0.406 e. The Hall–Kier alpha value is -2.30. The molecule has 0 unspecified atom stereocenters. The normalized spacial score (nSPS) is 12.1. The number of carbonyl (C=O) groups is 1. The third-order valence-corrected chi connectivity index (χ3v) is 3.39. The van der Waals surface area contributed by atoms with Crippen molar-refractivity contribution in [1.82, 2.24) is 15.5 Å².